The van der Waals surface area contributed by atoms with Gasteiger partial charge in [0.1, 0.15) is 5.82 Å². The van der Waals surface area contributed by atoms with E-state index in [0.717, 1.165) is 35.6 Å². The lowest BCUT2D eigenvalue weighted by Crippen LogP contribution is -2.12. The van der Waals surface area contributed by atoms with Crippen LogP contribution in [0.25, 0.3) is 22.2 Å². The monoisotopic (exact) mass is 387 g/mol. The molecule has 148 valence electrons. The van der Waals surface area contributed by atoms with Gasteiger partial charge in [0.25, 0.3) is 0 Å². The first-order valence-corrected chi connectivity index (χ1v) is 9.79. The fourth-order valence-corrected chi connectivity index (χ4v) is 3.30. The molecule has 0 unspecified atom stereocenters. The molecule has 29 heavy (non-hydrogen) atoms. The largest absolute Gasteiger partial charge is 0.383 e. The first kappa shape index (κ1) is 19.0. The van der Waals surface area contributed by atoms with Crippen LogP contribution >= 0.6 is 0 Å². The maximum Gasteiger partial charge on any atom is 0.225 e. The van der Waals surface area contributed by atoms with Crippen molar-refractivity contribution in [1.29, 1.82) is 0 Å². The van der Waals surface area contributed by atoms with E-state index in [1.165, 1.54) is 10.9 Å². The van der Waals surface area contributed by atoms with Crippen LogP contribution in [0.5, 0.6) is 0 Å². The number of hydrogen-bond acceptors (Lipinski definition) is 5. The number of aromatic nitrogens is 3. The summed E-state index contributed by atoms with van der Waals surface area (Å²) in [6, 6.07) is 20.5. The molecule has 0 fully saturated rings. The van der Waals surface area contributed by atoms with E-state index < -0.39 is 0 Å². The molecule has 0 saturated heterocycles. The van der Waals surface area contributed by atoms with E-state index in [4.69, 9.17) is 9.72 Å². The summed E-state index contributed by atoms with van der Waals surface area (Å²) in [5.74, 6) is 1.40. The van der Waals surface area contributed by atoms with E-state index in [-0.39, 0.29) is 0 Å². The normalized spacial score (nSPS) is 10.9. The molecule has 4 aromatic rings. The van der Waals surface area contributed by atoms with Gasteiger partial charge in [-0.25, -0.2) is 4.98 Å². The van der Waals surface area contributed by atoms with Crippen molar-refractivity contribution in [3.8, 4) is 11.3 Å². The summed E-state index contributed by atoms with van der Waals surface area (Å²) in [6.07, 6.45) is 2.96. The highest BCUT2D eigenvalue weighted by molar-refractivity contribution is 5.83. The van der Waals surface area contributed by atoms with Crippen LogP contribution in [0.3, 0.4) is 0 Å². The zero-order valence-electron chi connectivity index (χ0n) is 16.5. The number of nitrogens with zero attached hydrogens (tertiary/aromatic N) is 2. The number of H-pyrrole nitrogens is 1. The number of hydrogen-bond donors (Lipinski definition) is 3. The van der Waals surface area contributed by atoms with Crippen LogP contribution < -0.4 is 10.6 Å². The van der Waals surface area contributed by atoms with Gasteiger partial charge in [0.2, 0.25) is 5.95 Å². The summed E-state index contributed by atoms with van der Waals surface area (Å²) in [7, 11) is 1.69. The van der Waals surface area contributed by atoms with E-state index in [0.29, 0.717) is 19.1 Å². The lowest BCUT2D eigenvalue weighted by molar-refractivity contribution is 0.210. The number of aromatic amines is 1. The first-order chi connectivity index (χ1) is 14.3. The lowest BCUT2D eigenvalue weighted by atomic mass is 10.1. The molecule has 4 rings (SSSR count). The van der Waals surface area contributed by atoms with E-state index in [1.807, 2.05) is 30.3 Å². The number of nitrogens with one attached hydrogen (secondary N) is 3. The minimum absolute atomic E-state index is 0.617. The number of anilines is 2. The minimum Gasteiger partial charge on any atom is -0.383 e. The van der Waals surface area contributed by atoms with Crippen molar-refractivity contribution in [2.45, 2.75) is 6.42 Å². The maximum atomic E-state index is 5.13. The van der Waals surface area contributed by atoms with Crippen LogP contribution in [-0.4, -0.2) is 41.8 Å². The van der Waals surface area contributed by atoms with Crippen molar-refractivity contribution in [3.05, 3.63) is 72.4 Å². The van der Waals surface area contributed by atoms with Crippen LogP contribution in [0.1, 0.15) is 5.56 Å². The molecule has 0 bridgehead atoms. The Labute approximate surface area is 170 Å². The van der Waals surface area contributed by atoms with Crippen LogP contribution in [0.4, 0.5) is 11.8 Å². The summed E-state index contributed by atoms with van der Waals surface area (Å²) in [5, 5.41) is 7.94. The van der Waals surface area contributed by atoms with Crippen LogP contribution in [0.2, 0.25) is 0 Å². The van der Waals surface area contributed by atoms with Gasteiger partial charge in [-0.15, -0.1) is 0 Å². The molecule has 6 heteroatoms. The van der Waals surface area contributed by atoms with Crippen molar-refractivity contribution in [2.75, 3.05) is 37.4 Å². The van der Waals surface area contributed by atoms with Gasteiger partial charge in [-0.1, -0.05) is 48.5 Å². The van der Waals surface area contributed by atoms with Crippen molar-refractivity contribution < 1.29 is 4.74 Å². The SMILES string of the molecule is COCCNc1cc(-c2ccccc2)nc(NCCc2c[nH]c3ccccc23)n1. The highest BCUT2D eigenvalue weighted by Crippen LogP contribution is 2.22. The average molecular weight is 387 g/mol. The van der Waals surface area contributed by atoms with Gasteiger partial charge in [-0.05, 0) is 18.1 Å². The highest BCUT2D eigenvalue weighted by Gasteiger charge is 2.08. The molecule has 6 nitrogen and oxygen atoms in total. The molecular formula is C23H25N5O. The molecule has 0 aliphatic heterocycles. The summed E-state index contributed by atoms with van der Waals surface area (Å²) < 4.78 is 5.13. The fourth-order valence-electron chi connectivity index (χ4n) is 3.30. The molecule has 0 atom stereocenters. The summed E-state index contributed by atoms with van der Waals surface area (Å²) >= 11 is 0. The number of benzene rings is 2. The standard InChI is InChI=1S/C23H25N5O/c1-29-14-13-24-22-15-21(17-7-3-2-4-8-17)27-23(28-22)25-12-11-18-16-26-20-10-6-5-9-19(18)20/h2-10,15-16,26H,11-14H2,1H3,(H2,24,25,27,28). The molecule has 0 amide bonds. The van der Waals surface area contributed by atoms with Gasteiger partial charge >= 0.3 is 0 Å². The second kappa shape index (κ2) is 9.21. The molecule has 0 saturated carbocycles. The zero-order valence-corrected chi connectivity index (χ0v) is 16.5. The van der Waals surface area contributed by atoms with E-state index >= 15 is 0 Å². The quantitative estimate of drug-likeness (QED) is 0.373. The number of rotatable bonds is 9. The predicted molar refractivity (Wildman–Crippen MR) is 118 cm³/mol. The number of methoxy groups -OCH3 is 1. The summed E-state index contributed by atoms with van der Waals surface area (Å²) in [5.41, 5.74) is 4.39. The molecule has 0 spiro atoms. The summed E-state index contributed by atoms with van der Waals surface area (Å²) in [4.78, 5) is 12.7. The second-order valence-corrected chi connectivity index (χ2v) is 6.78. The third kappa shape index (κ3) is 4.73. The Balaban J connectivity index is 1.50. The molecular weight excluding hydrogens is 362 g/mol. The van der Waals surface area contributed by atoms with E-state index in [9.17, 15) is 0 Å². The van der Waals surface area contributed by atoms with Crippen molar-refractivity contribution >= 4 is 22.7 Å². The Bertz CT molecular complexity index is 1060. The minimum atomic E-state index is 0.617. The fraction of sp³-hybridized carbons (Fsp3) is 0.217. The van der Waals surface area contributed by atoms with Crippen LogP contribution in [0, 0.1) is 0 Å². The first-order valence-electron chi connectivity index (χ1n) is 9.79. The predicted octanol–water partition coefficient (Wildman–Crippen LogP) is 4.34. The Kier molecular flexibility index (Phi) is 6.02. The van der Waals surface area contributed by atoms with Gasteiger partial charge in [0, 0.05) is 48.9 Å². The lowest BCUT2D eigenvalue weighted by Gasteiger charge is -2.11. The number of ether oxygens (including phenoxy) is 1. The van der Waals surface area contributed by atoms with Crippen LogP contribution in [0.15, 0.2) is 66.9 Å². The maximum absolute atomic E-state index is 5.13. The zero-order chi connectivity index (χ0) is 19.9. The van der Waals surface area contributed by atoms with Gasteiger partial charge in [0.05, 0.1) is 12.3 Å². The summed E-state index contributed by atoms with van der Waals surface area (Å²) in [6.45, 7) is 2.06. The van der Waals surface area contributed by atoms with Gasteiger partial charge in [0.15, 0.2) is 0 Å². The van der Waals surface area contributed by atoms with Crippen LogP contribution in [-0.2, 0) is 11.2 Å². The Morgan fingerprint density at radius 3 is 2.62 bits per heavy atom. The second-order valence-electron chi connectivity index (χ2n) is 6.78. The Morgan fingerprint density at radius 2 is 1.76 bits per heavy atom. The smallest absolute Gasteiger partial charge is 0.225 e. The van der Waals surface area contributed by atoms with Crippen molar-refractivity contribution in [3.63, 3.8) is 0 Å². The van der Waals surface area contributed by atoms with Gasteiger partial charge in [-0.3, -0.25) is 0 Å². The van der Waals surface area contributed by atoms with Gasteiger partial charge in [-0.2, -0.15) is 4.98 Å². The number of fused-ring (bicyclic) bond motifs is 1. The van der Waals surface area contributed by atoms with Crippen molar-refractivity contribution in [1.82, 2.24) is 15.0 Å². The van der Waals surface area contributed by atoms with E-state index in [2.05, 4.69) is 57.1 Å². The molecule has 0 aliphatic rings. The number of para-hydroxylation sites is 1. The third-order valence-electron chi connectivity index (χ3n) is 4.76. The van der Waals surface area contributed by atoms with E-state index in [1.54, 1.807) is 7.11 Å². The van der Waals surface area contributed by atoms with Crippen molar-refractivity contribution in [2.24, 2.45) is 0 Å². The Hall–Kier alpha value is -3.38. The Morgan fingerprint density at radius 1 is 0.931 bits per heavy atom. The molecule has 2 aromatic heterocycles. The molecule has 0 aliphatic carbocycles. The molecule has 3 N–H and O–H groups in total. The van der Waals surface area contributed by atoms with Gasteiger partial charge < -0.3 is 20.4 Å². The molecule has 2 heterocycles. The third-order valence-corrected chi connectivity index (χ3v) is 4.76. The molecule has 2 aromatic carbocycles. The molecule has 0 radical (unpaired) electrons. The topological polar surface area (TPSA) is 74.9 Å². The average Bonchev–Trinajstić information content (AvgIpc) is 3.18. The highest BCUT2D eigenvalue weighted by atomic mass is 16.5.